The summed E-state index contributed by atoms with van der Waals surface area (Å²) in [5.41, 5.74) is 0.548. The molecule has 18 heavy (non-hydrogen) atoms. The first-order chi connectivity index (χ1) is 8.49. The van der Waals surface area contributed by atoms with Crippen molar-refractivity contribution in [3.63, 3.8) is 0 Å². The molecule has 0 spiro atoms. The predicted molar refractivity (Wildman–Crippen MR) is 65.4 cm³/mol. The Labute approximate surface area is 107 Å². The summed E-state index contributed by atoms with van der Waals surface area (Å²) in [7, 11) is 0. The molecule has 1 rings (SSSR count). The lowest BCUT2D eigenvalue weighted by atomic mass is 10.1. The molecule has 4 nitrogen and oxygen atoms in total. The summed E-state index contributed by atoms with van der Waals surface area (Å²) in [5.74, 6) is -0.555. The molecule has 1 aromatic carbocycles. The summed E-state index contributed by atoms with van der Waals surface area (Å²) in [5, 5.41) is 10.3. The van der Waals surface area contributed by atoms with Crippen LogP contribution in [0.15, 0.2) is 24.3 Å². The minimum Gasteiger partial charge on any atom is -0.550 e. The number of carbonyl (C=O) groups is 2. The van der Waals surface area contributed by atoms with Gasteiger partial charge in [-0.1, -0.05) is 12.1 Å². The Morgan fingerprint density at radius 2 is 2.00 bits per heavy atom. The van der Waals surface area contributed by atoms with Crippen LogP contribution in [0.1, 0.15) is 43.5 Å². The highest BCUT2D eigenvalue weighted by Crippen LogP contribution is 2.16. The third kappa shape index (κ3) is 4.99. The van der Waals surface area contributed by atoms with Gasteiger partial charge >= 0.3 is 0 Å². The van der Waals surface area contributed by atoms with Crippen LogP contribution in [0, 0.1) is 0 Å². The van der Waals surface area contributed by atoms with Gasteiger partial charge in [0, 0.05) is 18.0 Å². The zero-order chi connectivity index (χ0) is 13.5. The first kappa shape index (κ1) is 14.2. The Kier molecular flexibility index (Phi) is 5.36. The Balaban J connectivity index is 2.59. The Hall–Kier alpha value is -1.84. The first-order valence-electron chi connectivity index (χ1n) is 5.99. The molecule has 0 radical (unpaired) electrons. The molecule has 0 unspecified atom stereocenters. The van der Waals surface area contributed by atoms with Gasteiger partial charge in [0.2, 0.25) is 0 Å². The number of Topliss-reactive ketones (excluding diaryl/α,β-unsaturated/α-hetero) is 1. The number of hydrogen-bond donors (Lipinski definition) is 0. The van der Waals surface area contributed by atoms with Crippen molar-refractivity contribution in [1.29, 1.82) is 0 Å². The molecule has 1 aromatic rings. The molecular formula is C14H17O4-. The van der Waals surface area contributed by atoms with Gasteiger partial charge < -0.3 is 14.6 Å². The summed E-state index contributed by atoms with van der Waals surface area (Å²) in [4.78, 5) is 22.0. The average molecular weight is 249 g/mol. The maximum atomic E-state index is 11.8. The zero-order valence-corrected chi connectivity index (χ0v) is 10.6. The second kappa shape index (κ2) is 6.79. The summed E-state index contributed by atoms with van der Waals surface area (Å²) in [6.45, 7) is 3.82. The molecule has 0 amide bonds. The van der Waals surface area contributed by atoms with Crippen LogP contribution < -0.4 is 9.84 Å². The minimum absolute atomic E-state index is 0.0495. The molecule has 0 bridgehead atoms. The van der Waals surface area contributed by atoms with E-state index in [-0.39, 0.29) is 24.7 Å². The van der Waals surface area contributed by atoms with Crippen LogP contribution in [0.25, 0.3) is 0 Å². The van der Waals surface area contributed by atoms with Gasteiger partial charge in [0.05, 0.1) is 6.10 Å². The van der Waals surface area contributed by atoms with Crippen molar-refractivity contribution >= 4 is 11.8 Å². The van der Waals surface area contributed by atoms with E-state index in [2.05, 4.69) is 0 Å². The highest BCUT2D eigenvalue weighted by molar-refractivity contribution is 5.96. The molecule has 98 valence electrons. The van der Waals surface area contributed by atoms with Gasteiger partial charge in [-0.2, -0.15) is 0 Å². The predicted octanol–water partition coefficient (Wildman–Crippen LogP) is 1.58. The Morgan fingerprint density at radius 1 is 1.28 bits per heavy atom. The average Bonchev–Trinajstić information content (AvgIpc) is 2.27. The molecular weight excluding hydrogens is 232 g/mol. The second-order valence-corrected chi connectivity index (χ2v) is 4.34. The molecule has 0 saturated carbocycles. The summed E-state index contributed by atoms with van der Waals surface area (Å²) in [6.07, 6.45) is 0.470. The maximum Gasteiger partial charge on any atom is 0.163 e. The van der Waals surface area contributed by atoms with Crippen molar-refractivity contribution < 1.29 is 19.4 Å². The topological polar surface area (TPSA) is 66.4 Å². The number of carbonyl (C=O) groups excluding carboxylic acids is 2. The number of benzene rings is 1. The molecule has 0 saturated heterocycles. The summed E-state index contributed by atoms with van der Waals surface area (Å²) in [6, 6.07) is 6.93. The van der Waals surface area contributed by atoms with E-state index in [4.69, 9.17) is 4.74 Å². The van der Waals surface area contributed by atoms with Gasteiger partial charge in [-0.05, 0) is 38.8 Å². The van der Waals surface area contributed by atoms with E-state index in [1.165, 1.54) is 0 Å². The van der Waals surface area contributed by atoms with Gasteiger partial charge in [-0.15, -0.1) is 0 Å². The van der Waals surface area contributed by atoms with E-state index in [1.54, 1.807) is 24.3 Å². The lowest BCUT2D eigenvalue weighted by molar-refractivity contribution is -0.305. The fourth-order valence-electron chi connectivity index (χ4n) is 1.55. The molecule has 0 atom stereocenters. The SMILES string of the molecule is CC(C)Oc1cccc(C(=O)CCCC(=O)[O-])c1. The molecule has 0 N–H and O–H groups in total. The minimum atomic E-state index is -1.13. The lowest BCUT2D eigenvalue weighted by Gasteiger charge is -2.10. The van der Waals surface area contributed by atoms with Gasteiger partial charge in [0.1, 0.15) is 5.75 Å². The fourth-order valence-corrected chi connectivity index (χ4v) is 1.55. The van der Waals surface area contributed by atoms with Crippen LogP contribution in [0.4, 0.5) is 0 Å². The number of ketones is 1. The van der Waals surface area contributed by atoms with Crippen molar-refractivity contribution in [2.45, 2.75) is 39.2 Å². The smallest absolute Gasteiger partial charge is 0.163 e. The second-order valence-electron chi connectivity index (χ2n) is 4.34. The fraction of sp³-hybridized carbons (Fsp3) is 0.429. The van der Waals surface area contributed by atoms with Crippen LogP contribution in [0.3, 0.4) is 0 Å². The molecule has 0 aromatic heterocycles. The van der Waals surface area contributed by atoms with Crippen molar-refractivity contribution in [2.75, 3.05) is 0 Å². The third-order valence-corrected chi connectivity index (χ3v) is 2.31. The Morgan fingerprint density at radius 3 is 2.61 bits per heavy atom. The highest BCUT2D eigenvalue weighted by atomic mass is 16.5. The van der Waals surface area contributed by atoms with E-state index >= 15 is 0 Å². The van der Waals surface area contributed by atoms with Crippen molar-refractivity contribution in [1.82, 2.24) is 0 Å². The van der Waals surface area contributed by atoms with Crippen molar-refractivity contribution in [2.24, 2.45) is 0 Å². The van der Waals surface area contributed by atoms with Gasteiger partial charge in [0.25, 0.3) is 0 Å². The van der Waals surface area contributed by atoms with E-state index < -0.39 is 5.97 Å². The molecule has 0 aliphatic heterocycles. The van der Waals surface area contributed by atoms with Gasteiger partial charge in [-0.3, -0.25) is 4.79 Å². The largest absolute Gasteiger partial charge is 0.550 e. The first-order valence-corrected chi connectivity index (χ1v) is 5.99. The van der Waals surface area contributed by atoms with Crippen LogP contribution in [0.5, 0.6) is 5.75 Å². The third-order valence-electron chi connectivity index (χ3n) is 2.31. The van der Waals surface area contributed by atoms with Crippen LogP contribution in [-0.4, -0.2) is 17.9 Å². The van der Waals surface area contributed by atoms with Gasteiger partial charge in [-0.25, -0.2) is 0 Å². The number of carboxylic acid groups (broad SMARTS) is 1. The van der Waals surface area contributed by atoms with Crippen LogP contribution >= 0.6 is 0 Å². The van der Waals surface area contributed by atoms with E-state index in [1.807, 2.05) is 13.8 Å². The van der Waals surface area contributed by atoms with E-state index in [0.29, 0.717) is 17.7 Å². The molecule has 0 aliphatic carbocycles. The molecule has 0 heterocycles. The number of hydrogen-bond acceptors (Lipinski definition) is 4. The Bertz CT molecular complexity index is 424. The van der Waals surface area contributed by atoms with Gasteiger partial charge in [0.15, 0.2) is 5.78 Å². The zero-order valence-electron chi connectivity index (χ0n) is 10.6. The van der Waals surface area contributed by atoms with Crippen LogP contribution in [0.2, 0.25) is 0 Å². The van der Waals surface area contributed by atoms with Crippen molar-refractivity contribution in [3.8, 4) is 5.75 Å². The van der Waals surface area contributed by atoms with Crippen molar-refractivity contribution in [3.05, 3.63) is 29.8 Å². The number of rotatable bonds is 7. The molecule has 0 aliphatic rings. The summed E-state index contributed by atoms with van der Waals surface area (Å²) < 4.78 is 5.49. The van der Waals surface area contributed by atoms with Crippen LogP contribution in [-0.2, 0) is 4.79 Å². The standard InChI is InChI=1S/C14H18O4/c1-10(2)18-12-6-3-5-11(9-12)13(15)7-4-8-14(16)17/h3,5-6,9-10H,4,7-8H2,1-2H3,(H,16,17)/p-1. The number of aliphatic carboxylic acids is 1. The quantitative estimate of drug-likeness (QED) is 0.688. The lowest BCUT2D eigenvalue weighted by Crippen LogP contribution is -2.21. The normalized spacial score (nSPS) is 10.4. The van der Waals surface area contributed by atoms with E-state index in [9.17, 15) is 14.7 Å². The highest BCUT2D eigenvalue weighted by Gasteiger charge is 2.07. The number of carboxylic acids is 1. The molecule has 0 fully saturated rings. The molecule has 4 heteroatoms. The van der Waals surface area contributed by atoms with E-state index in [0.717, 1.165) is 0 Å². The summed E-state index contributed by atoms with van der Waals surface area (Å²) >= 11 is 0. The maximum absolute atomic E-state index is 11.8. The monoisotopic (exact) mass is 249 g/mol. The number of ether oxygens (including phenoxy) is 1.